The molecule has 0 saturated heterocycles. The lowest BCUT2D eigenvalue weighted by Gasteiger charge is -2.31. The molecular formula is C21H19FN2O3S. The van der Waals surface area contributed by atoms with Crippen molar-refractivity contribution in [2.24, 2.45) is 0 Å². The van der Waals surface area contributed by atoms with Crippen molar-refractivity contribution in [1.82, 2.24) is 10.6 Å². The van der Waals surface area contributed by atoms with Gasteiger partial charge < -0.3 is 15.4 Å². The Morgan fingerprint density at radius 3 is 2.54 bits per heavy atom. The van der Waals surface area contributed by atoms with E-state index in [-0.39, 0.29) is 10.7 Å². The fourth-order valence-corrected chi connectivity index (χ4v) is 3.47. The molecule has 1 heterocycles. The highest BCUT2D eigenvalue weighted by Gasteiger charge is 2.36. The molecule has 0 unspecified atom stereocenters. The van der Waals surface area contributed by atoms with Crippen LogP contribution in [0.4, 0.5) is 4.39 Å². The van der Waals surface area contributed by atoms with E-state index >= 15 is 0 Å². The number of aryl methyl sites for hydroxylation is 2. The minimum absolute atomic E-state index is 0.123. The fraction of sp³-hybridized carbons (Fsp3) is 0.190. The second-order valence-electron chi connectivity index (χ2n) is 6.51. The van der Waals surface area contributed by atoms with E-state index in [1.165, 1.54) is 18.2 Å². The van der Waals surface area contributed by atoms with E-state index < -0.39 is 23.6 Å². The molecule has 1 aliphatic rings. The van der Waals surface area contributed by atoms with Gasteiger partial charge in [0.25, 0.3) is 5.78 Å². The number of carbonyl (C=O) groups excluding carboxylic acids is 2. The van der Waals surface area contributed by atoms with Gasteiger partial charge in [-0.1, -0.05) is 35.9 Å². The quantitative estimate of drug-likeness (QED) is 0.469. The number of carbonyl (C=O) groups is 2. The zero-order valence-electron chi connectivity index (χ0n) is 15.6. The number of thiocarbonyl (C=S) groups is 1. The number of methoxy groups -OCH3 is 1. The van der Waals surface area contributed by atoms with Crippen LogP contribution in [0.5, 0.6) is 0 Å². The Labute approximate surface area is 167 Å². The highest BCUT2D eigenvalue weighted by molar-refractivity contribution is 7.80. The van der Waals surface area contributed by atoms with Gasteiger partial charge in [-0.25, -0.2) is 9.18 Å². The van der Waals surface area contributed by atoms with E-state index in [4.69, 9.17) is 12.2 Å². The number of hydrogen-bond donors (Lipinski definition) is 2. The maximum atomic E-state index is 13.8. The zero-order chi connectivity index (χ0) is 20.4. The molecule has 1 aliphatic heterocycles. The molecule has 5 nitrogen and oxygen atoms in total. The van der Waals surface area contributed by atoms with Gasteiger partial charge in [-0.05, 0) is 49.3 Å². The van der Waals surface area contributed by atoms with Crippen molar-refractivity contribution in [1.29, 1.82) is 0 Å². The van der Waals surface area contributed by atoms with E-state index in [2.05, 4.69) is 15.4 Å². The molecule has 0 spiro atoms. The van der Waals surface area contributed by atoms with Crippen molar-refractivity contribution in [3.05, 3.63) is 76.1 Å². The number of rotatable bonds is 4. The number of ketones is 1. The average Bonchev–Trinajstić information content (AvgIpc) is 2.66. The van der Waals surface area contributed by atoms with E-state index in [0.29, 0.717) is 11.3 Å². The van der Waals surface area contributed by atoms with Crippen molar-refractivity contribution in [2.75, 3.05) is 7.11 Å². The second-order valence-corrected chi connectivity index (χ2v) is 6.92. The van der Waals surface area contributed by atoms with Gasteiger partial charge in [0.05, 0.1) is 24.4 Å². The molecule has 28 heavy (non-hydrogen) atoms. The molecule has 0 bridgehead atoms. The number of hydrogen-bond acceptors (Lipinski definition) is 4. The molecule has 0 aliphatic carbocycles. The SMILES string of the molecule is COC(=O)C(=O)C1=C(c2ccc(C)cc2C)NC(=S)N[C@H]1c1cccc(F)c1. The smallest absolute Gasteiger partial charge is 0.379 e. The normalized spacial score (nSPS) is 16.3. The first-order chi connectivity index (χ1) is 13.3. The lowest BCUT2D eigenvalue weighted by Crippen LogP contribution is -2.46. The summed E-state index contributed by atoms with van der Waals surface area (Å²) in [6, 6.07) is 10.7. The van der Waals surface area contributed by atoms with E-state index in [0.717, 1.165) is 23.8 Å². The van der Waals surface area contributed by atoms with Crippen LogP contribution in [-0.4, -0.2) is 24.0 Å². The van der Waals surface area contributed by atoms with Gasteiger partial charge in [-0.2, -0.15) is 0 Å². The predicted octanol–water partition coefficient (Wildman–Crippen LogP) is 3.11. The molecular weight excluding hydrogens is 379 g/mol. The first kappa shape index (κ1) is 19.7. The molecule has 144 valence electrons. The summed E-state index contributed by atoms with van der Waals surface area (Å²) < 4.78 is 18.5. The third-order valence-electron chi connectivity index (χ3n) is 4.52. The Morgan fingerprint density at radius 2 is 1.89 bits per heavy atom. The summed E-state index contributed by atoms with van der Waals surface area (Å²) in [7, 11) is 1.14. The molecule has 2 aromatic carbocycles. The van der Waals surface area contributed by atoms with Gasteiger partial charge in [0.1, 0.15) is 5.82 Å². The monoisotopic (exact) mass is 398 g/mol. The summed E-state index contributed by atoms with van der Waals surface area (Å²) in [6.07, 6.45) is 0. The van der Waals surface area contributed by atoms with Gasteiger partial charge in [0.15, 0.2) is 5.11 Å². The number of esters is 1. The third kappa shape index (κ3) is 3.80. The van der Waals surface area contributed by atoms with Crippen LogP contribution in [0.1, 0.15) is 28.3 Å². The van der Waals surface area contributed by atoms with Crippen LogP contribution in [0.15, 0.2) is 48.0 Å². The van der Waals surface area contributed by atoms with Crippen LogP contribution >= 0.6 is 12.2 Å². The molecule has 3 rings (SSSR count). The highest BCUT2D eigenvalue weighted by atomic mass is 32.1. The molecule has 0 aromatic heterocycles. The van der Waals surface area contributed by atoms with E-state index in [9.17, 15) is 14.0 Å². The molecule has 0 saturated carbocycles. The molecule has 0 radical (unpaired) electrons. The molecule has 0 fully saturated rings. The van der Waals surface area contributed by atoms with E-state index in [1.54, 1.807) is 6.07 Å². The summed E-state index contributed by atoms with van der Waals surface area (Å²) in [5.74, 6) is -2.29. The lowest BCUT2D eigenvalue weighted by atomic mass is 9.88. The average molecular weight is 398 g/mol. The fourth-order valence-electron chi connectivity index (χ4n) is 3.25. The topological polar surface area (TPSA) is 67.4 Å². The van der Waals surface area contributed by atoms with Crippen LogP contribution in [-0.2, 0) is 14.3 Å². The number of halogens is 1. The van der Waals surface area contributed by atoms with E-state index in [1.807, 2.05) is 32.0 Å². The van der Waals surface area contributed by atoms with Gasteiger partial charge in [-0.15, -0.1) is 0 Å². The highest BCUT2D eigenvalue weighted by Crippen LogP contribution is 2.33. The Bertz CT molecular complexity index is 1020. The van der Waals surface area contributed by atoms with Crippen LogP contribution in [0.2, 0.25) is 0 Å². The maximum absolute atomic E-state index is 13.8. The van der Waals surface area contributed by atoms with Crippen molar-refractivity contribution in [3.8, 4) is 0 Å². The third-order valence-corrected chi connectivity index (χ3v) is 4.74. The number of nitrogens with one attached hydrogen (secondary N) is 2. The number of Topliss-reactive ketones (excluding diaryl/α,β-unsaturated/α-hetero) is 1. The van der Waals surface area contributed by atoms with Crippen molar-refractivity contribution in [2.45, 2.75) is 19.9 Å². The first-order valence-corrected chi connectivity index (χ1v) is 9.00. The minimum Gasteiger partial charge on any atom is -0.463 e. The zero-order valence-corrected chi connectivity index (χ0v) is 16.4. The van der Waals surface area contributed by atoms with Crippen LogP contribution < -0.4 is 10.6 Å². The summed E-state index contributed by atoms with van der Waals surface area (Å²) in [6.45, 7) is 3.86. The molecule has 2 aromatic rings. The van der Waals surface area contributed by atoms with Crippen LogP contribution in [0.25, 0.3) is 5.70 Å². The van der Waals surface area contributed by atoms with Crippen molar-refractivity contribution < 1.29 is 18.7 Å². The predicted molar refractivity (Wildman–Crippen MR) is 108 cm³/mol. The van der Waals surface area contributed by atoms with Gasteiger partial charge in [0.2, 0.25) is 0 Å². The summed E-state index contributed by atoms with van der Waals surface area (Å²) in [4.78, 5) is 25.0. The number of ether oxygens (including phenoxy) is 1. The molecule has 2 N–H and O–H groups in total. The lowest BCUT2D eigenvalue weighted by molar-refractivity contribution is -0.150. The second kappa shape index (κ2) is 7.90. The van der Waals surface area contributed by atoms with Crippen molar-refractivity contribution in [3.63, 3.8) is 0 Å². The Hall–Kier alpha value is -3.06. The van der Waals surface area contributed by atoms with Gasteiger partial charge >= 0.3 is 5.97 Å². The summed E-state index contributed by atoms with van der Waals surface area (Å²) >= 11 is 5.32. The Kier molecular flexibility index (Phi) is 5.56. The van der Waals surface area contributed by atoms with Crippen molar-refractivity contribution >= 4 is 34.8 Å². The molecule has 1 atom stereocenters. The number of benzene rings is 2. The van der Waals surface area contributed by atoms with Gasteiger partial charge in [-0.3, -0.25) is 4.79 Å². The Balaban J connectivity index is 2.28. The van der Waals surface area contributed by atoms with Crippen LogP contribution in [0.3, 0.4) is 0 Å². The minimum atomic E-state index is -1.00. The largest absolute Gasteiger partial charge is 0.463 e. The molecule has 7 heteroatoms. The summed E-state index contributed by atoms with van der Waals surface area (Å²) in [5.41, 5.74) is 3.69. The first-order valence-electron chi connectivity index (χ1n) is 8.59. The molecule has 0 amide bonds. The standard InChI is InChI=1S/C21H19FN2O3S/c1-11-7-8-15(12(2)9-11)18-16(19(25)20(26)27-3)17(23-21(28)24-18)13-5-4-6-14(22)10-13/h4-10,17H,1-3H3,(H2,23,24,28)/t17-/m0/s1. The Morgan fingerprint density at radius 1 is 1.14 bits per heavy atom. The van der Waals surface area contributed by atoms with Gasteiger partial charge in [0, 0.05) is 5.56 Å². The summed E-state index contributed by atoms with van der Waals surface area (Å²) in [5, 5.41) is 6.23. The maximum Gasteiger partial charge on any atom is 0.379 e. The van der Waals surface area contributed by atoms with Crippen LogP contribution in [0, 0.1) is 19.7 Å².